The van der Waals surface area contributed by atoms with E-state index in [1.165, 1.54) is 17.4 Å². The summed E-state index contributed by atoms with van der Waals surface area (Å²) in [6.45, 7) is 1.80. The number of thiophene rings is 1. The van der Waals surface area contributed by atoms with Gasteiger partial charge in [-0.05, 0) is 48.9 Å². The summed E-state index contributed by atoms with van der Waals surface area (Å²) in [5, 5.41) is 3.20. The van der Waals surface area contributed by atoms with Gasteiger partial charge in [0.1, 0.15) is 17.4 Å². The van der Waals surface area contributed by atoms with Gasteiger partial charge < -0.3 is 4.74 Å². The molecule has 1 heterocycles. The number of benzene rings is 2. The zero-order valence-electron chi connectivity index (χ0n) is 16.0. The maximum atomic E-state index is 14.0. The van der Waals surface area contributed by atoms with E-state index < -0.39 is 11.9 Å². The summed E-state index contributed by atoms with van der Waals surface area (Å²) >= 11 is 1.40. The van der Waals surface area contributed by atoms with Crippen LogP contribution in [0.15, 0.2) is 48.5 Å². The van der Waals surface area contributed by atoms with Crippen molar-refractivity contribution in [2.45, 2.75) is 32.8 Å². The van der Waals surface area contributed by atoms with Crippen molar-refractivity contribution in [1.29, 1.82) is 0 Å². The number of rotatable bonds is 5. The Morgan fingerprint density at radius 3 is 2.69 bits per heavy atom. The van der Waals surface area contributed by atoms with Crippen LogP contribution < -0.4 is 5.32 Å². The molecule has 0 saturated heterocycles. The van der Waals surface area contributed by atoms with Crippen LogP contribution in [0, 0.1) is 12.7 Å². The van der Waals surface area contributed by atoms with Gasteiger partial charge in [-0.3, -0.25) is 10.1 Å². The lowest BCUT2D eigenvalue weighted by atomic mass is 9.99. The topological polar surface area (TPSA) is 55.4 Å². The number of hydrogen-bond acceptors (Lipinski definition) is 4. The molecule has 2 aromatic carbocycles. The summed E-state index contributed by atoms with van der Waals surface area (Å²) < 4.78 is 19.3. The summed E-state index contributed by atoms with van der Waals surface area (Å²) in [5.74, 6) is -0.693. The van der Waals surface area contributed by atoms with E-state index in [4.69, 9.17) is 4.74 Å². The number of carbonyl (C=O) groups excluding carboxylic acids is 2. The van der Waals surface area contributed by atoms with E-state index in [1.807, 2.05) is 30.3 Å². The fraction of sp³-hybridized carbons (Fsp3) is 0.217. The minimum atomic E-state index is -0.613. The first-order valence-corrected chi connectivity index (χ1v) is 10.3. The maximum Gasteiger partial charge on any atom is 0.412 e. The number of fused-ring (bicyclic) bond motifs is 1. The van der Waals surface area contributed by atoms with Crippen LogP contribution in [0.3, 0.4) is 0 Å². The molecule has 0 atom stereocenters. The van der Waals surface area contributed by atoms with Gasteiger partial charge in [-0.15, -0.1) is 11.3 Å². The van der Waals surface area contributed by atoms with Gasteiger partial charge >= 0.3 is 6.09 Å². The van der Waals surface area contributed by atoms with Crippen LogP contribution in [0.25, 0.3) is 0 Å². The number of carbonyl (C=O) groups is 2. The third-order valence-corrected chi connectivity index (χ3v) is 6.22. The minimum absolute atomic E-state index is 0.143. The molecule has 1 aromatic heterocycles. The highest BCUT2D eigenvalue weighted by Gasteiger charge is 2.28. The van der Waals surface area contributed by atoms with Crippen LogP contribution >= 0.6 is 11.3 Å². The number of halogens is 1. The average Bonchev–Trinajstić information content (AvgIpc) is 3.29. The first-order chi connectivity index (χ1) is 14.0. The Morgan fingerprint density at radius 1 is 1.14 bits per heavy atom. The molecule has 29 heavy (non-hydrogen) atoms. The van der Waals surface area contributed by atoms with Gasteiger partial charge in [-0.25, -0.2) is 9.18 Å². The Labute approximate surface area is 172 Å². The molecule has 4 rings (SSSR count). The van der Waals surface area contributed by atoms with Crippen molar-refractivity contribution >= 4 is 28.2 Å². The molecule has 6 heteroatoms. The Kier molecular flexibility index (Phi) is 5.45. The van der Waals surface area contributed by atoms with Crippen LogP contribution in [-0.2, 0) is 24.2 Å². The lowest BCUT2D eigenvalue weighted by Gasteiger charge is -2.09. The minimum Gasteiger partial charge on any atom is -0.444 e. The van der Waals surface area contributed by atoms with Crippen molar-refractivity contribution in [3.8, 4) is 0 Å². The van der Waals surface area contributed by atoms with E-state index in [2.05, 4.69) is 5.32 Å². The van der Waals surface area contributed by atoms with E-state index >= 15 is 0 Å². The molecule has 3 aromatic rings. The second kappa shape index (κ2) is 8.17. The lowest BCUT2D eigenvalue weighted by molar-refractivity contribution is 0.103. The summed E-state index contributed by atoms with van der Waals surface area (Å²) in [6, 6.07) is 13.8. The third kappa shape index (κ3) is 4.07. The van der Waals surface area contributed by atoms with Crippen molar-refractivity contribution < 1.29 is 18.7 Å². The smallest absolute Gasteiger partial charge is 0.412 e. The van der Waals surface area contributed by atoms with E-state index in [1.54, 1.807) is 19.1 Å². The molecule has 1 aliphatic rings. The molecule has 0 aliphatic heterocycles. The van der Waals surface area contributed by atoms with Gasteiger partial charge in [-0.2, -0.15) is 0 Å². The molecule has 1 aliphatic carbocycles. The van der Waals surface area contributed by atoms with Gasteiger partial charge in [0.2, 0.25) is 0 Å². The highest BCUT2D eigenvalue weighted by molar-refractivity contribution is 7.17. The molecule has 4 nitrogen and oxygen atoms in total. The van der Waals surface area contributed by atoms with Crippen LogP contribution in [-0.4, -0.2) is 11.9 Å². The number of nitrogens with one attached hydrogen (secondary N) is 1. The molecule has 0 saturated carbocycles. The van der Waals surface area contributed by atoms with Crippen molar-refractivity contribution in [2.24, 2.45) is 0 Å². The Morgan fingerprint density at radius 2 is 1.93 bits per heavy atom. The Balaban J connectivity index is 1.57. The van der Waals surface area contributed by atoms with E-state index in [-0.39, 0.29) is 18.0 Å². The predicted octanol–water partition coefficient (Wildman–Crippen LogP) is 5.66. The quantitative estimate of drug-likeness (QED) is 0.553. The Hall–Kier alpha value is -2.99. The van der Waals surface area contributed by atoms with Crippen LogP contribution in [0.4, 0.5) is 14.2 Å². The summed E-state index contributed by atoms with van der Waals surface area (Å²) in [5.41, 5.74) is 3.06. The fourth-order valence-electron chi connectivity index (χ4n) is 3.46. The van der Waals surface area contributed by atoms with Crippen LogP contribution in [0.5, 0.6) is 0 Å². The highest BCUT2D eigenvalue weighted by Crippen LogP contribution is 2.40. The van der Waals surface area contributed by atoms with E-state index in [0.717, 1.165) is 35.3 Å². The summed E-state index contributed by atoms with van der Waals surface area (Å²) in [7, 11) is 0. The second-order valence-corrected chi connectivity index (χ2v) is 8.15. The number of ether oxygens (including phenoxy) is 1. The van der Waals surface area contributed by atoms with Crippen molar-refractivity contribution in [3.05, 3.63) is 87.0 Å². The number of ketones is 1. The van der Waals surface area contributed by atoms with Gasteiger partial charge in [0.05, 0.1) is 5.56 Å². The lowest BCUT2D eigenvalue weighted by Crippen LogP contribution is -2.15. The third-order valence-electron chi connectivity index (χ3n) is 5.01. The van der Waals surface area contributed by atoms with E-state index in [9.17, 15) is 14.0 Å². The molecule has 0 fully saturated rings. The number of amides is 1. The fourth-order valence-corrected chi connectivity index (χ4v) is 4.74. The van der Waals surface area contributed by atoms with Gasteiger partial charge in [0, 0.05) is 10.4 Å². The number of aryl methyl sites for hydroxylation is 2. The van der Waals surface area contributed by atoms with Crippen molar-refractivity contribution in [2.75, 3.05) is 5.32 Å². The first kappa shape index (κ1) is 19.3. The molecular weight excluding hydrogens is 389 g/mol. The Bertz CT molecular complexity index is 1080. The largest absolute Gasteiger partial charge is 0.444 e. The zero-order chi connectivity index (χ0) is 20.4. The number of hydrogen-bond donors (Lipinski definition) is 1. The molecular formula is C23H20FNO3S. The summed E-state index contributed by atoms with van der Waals surface area (Å²) in [4.78, 5) is 26.6. The maximum absolute atomic E-state index is 14.0. The van der Waals surface area contributed by atoms with Crippen LogP contribution in [0.2, 0.25) is 0 Å². The first-order valence-electron chi connectivity index (χ1n) is 9.46. The monoisotopic (exact) mass is 409 g/mol. The van der Waals surface area contributed by atoms with Gasteiger partial charge in [-0.1, -0.05) is 42.5 Å². The van der Waals surface area contributed by atoms with Crippen molar-refractivity contribution in [1.82, 2.24) is 0 Å². The molecule has 0 bridgehead atoms. The normalized spacial score (nSPS) is 12.5. The van der Waals surface area contributed by atoms with Gasteiger partial charge in [0.15, 0.2) is 5.78 Å². The molecule has 0 spiro atoms. The van der Waals surface area contributed by atoms with Crippen molar-refractivity contribution in [3.63, 3.8) is 0 Å². The van der Waals surface area contributed by atoms with Gasteiger partial charge in [0.25, 0.3) is 0 Å². The van der Waals surface area contributed by atoms with E-state index in [0.29, 0.717) is 16.1 Å². The SMILES string of the molecule is Cc1ccc(C(=O)c2c(NC(=O)OCc3ccccc3)sc3c2CCC3)cc1F. The molecule has 0 radical (unpaired) electrons. The highest BCUT2D eigenvalue weighted by atomic mass is 32.1. The zero-order valence-corrected chi connectivity index (χ0v) is 16.8. The second-order valence-electron chi connectivity index (χ2n) is 7.04. The summed E-state index contributed by atoms with van der Waals surface area (Å²) in [6.07, 6.45) is 2.02. The molecule has 0 unspecified atom stereocenters. The van der Waals surface area contributed by atoms with Crippen LogP contribution in [0.1, 0.15) is 43.9 Å². The predicted molar refractivity (Wildman–Crippen MR) is 111 cm³/mol. The number of anilines is 1. The molecule has 148 valence electrons. The molecule has 1 N–H and O–H groups in total. The molecule has 1 amide bonds. The standard InChI is InChI=1S/C23H20FNO3S/c1-14-10-11-16(12-18(14)24)21(26)20-17-8-5-9-19(17)29-22(20)25-23(27)28-13-15-6-3-2-4-7-15/h2-4,6-7,10-12H,5,8-9,13H2,1H3,(H,25,27). The average molecular weight is 409 g/mol.